The van der Waals surface area contributed by atoms with Crippen molar-refractivity contribution in [3.8, 4) is 0 Å². The Hall–Kier alpha value is -3.21. The van der Waals surface area contributed by atoms with Crippen LogP contribution in [0.1, 0.15) is 50.7 Å². The lowest BCUT2D eigenvalue weighted by Gasteiger charge is -2.43. The Morgan fingerprint density at radius 2 is 1.52 bits per heavy atom. The first-order valence-electron chi connectivity index (χ1n) is 15.7. The Morgan fingerprint density at radius 3 is 2.11 bits per heavy atom. The van der Waals surface area contributed by atoms with E-state index in [-0.39, 0.29) is 17.7 Å². The van der Waals surface area contributed by atoms with Crippen molar-refractivity contribution in [1.29, 1.82) is 0 Å². The van der Waals surface area contributed by atoms with Gasteiger partial charge < -0.3 is 18.2 Å². The second-order valence-corrected chi connectivity index (χ2v) is 18.9. The van der Waals surface area contributed by atoms with Gasteiger partial charge in [0.15, 0.2) is 0 Å². The van der Waals surface area contributed by atoms with Crippen molar-refractivity contribution in [1.82, 2.24) is 14.2 Å². The van der Waals surface area contributed by atoms with Gasteiger partial charge in [-0.1, -0.05) is 112 Å². The summed E-state index contributed by atoms with van der Waals surface area (Å²) in [6.07, 6.45) is 0.280. The average molecular weight is 660 g/mol. The first kappa shape index (κ1) is 32.7. The predicted molar refractivity (Wildman–Crippen MR) is 183 cm³/mol. The number of H-pyrrole nitrogens is 1. The molecule has 0 aliphatic carbocycles. The molecule has 2 fully saturated rings. The van der Waals surface area contributed by atoms with E-state index in [1.807, 2.05) is 37.4 Å². The highest BCUT2D eigenvalue weighted by Gasteiger charge is 2.52. The quantitative estimate of drug-likeness (QED) is 0.199. The van der Waals surface area contributed by atoms with Crippen LogP contribution in [0.5, 0.6) is 0 Å². The number of aromatic nitrogens is 2. The first-order valence-corrected chi connectivity index (χ1v) is 18.7. The molecule has 9 nitrogen and oxygen atoms in total. The van der Waals surface area contributed by atoms with Crippen molar-refractivity contribution in [2.45, 2.75) is 63.7 Å². The summed E-state index contributed by atoms with van der Waals surface area (Å²) >= 11 is 0. The summed E-state index contributed by atoms with van der Waals surface area (Å²) in [5.41, 5.74) is 0.610. The third kappa shape index (κ3) is 6.48. The van der Waals surface area contributed by atoms with Crippen LogP contribution in [0.3, 0.4) is 0 Å². The Bertz CT molecular complexity index is 1690. The number of aryl methyl sites for hydroxylation is 1. The second kappa shape index (κ2) is 13.5. The molecule has 5 atom stereocenters. The number of aromatic amines is 1. The molecule has 242 valence electrons. The van der Waals surface area contributed by atoms with Gasteiger partial charge in [0, 0.05) is 24.7 Å². The molecule has 0 amide bonds. The molecule has 3 heterocycles. The molecule has 0 saturated carbocycles. The standard InChI is InChI=1S/C35H42N3O6PSi/c1-25-22-38(34(40)36-33(25)39)32-21-29(43-45-37(5)23-30(44-45)26-15-9-6-10-16-26)31(42-32)24-41-46(35(2,3)4,27-17-11-7-12-18-27)28-19-13-8-14-20-28/h6-20,22,29-32H,21,23-24H2,1-5H3,(H,36,39,40)/t29-,30-,31+,32+,45?/m0/s1. The summed E-state index contributed by atoms with van der Waals surface area (Å²) in [6.45, 7) is 9.35. The largest absolute Gasteiger partial charge is 0.405 e. The van der Waals surface area contributed by atoms with Crippen molar-refractivity contribution in [3.05, 3.63) is 129 Å². The molecular weight excluding hydrogens is 617 g/mol. The van der Waals surface area contributed by atoms with E-state index in [4.69, 9.17) is 18.2 Å². The number of rotatable bonds is 9. The van der Waals surface area contributed by atoms with Gasteiger partial charge in [-0.05, 0) is 34.9 Å². The summed E-state index contributed by atoms with van der Waals surface area (Å²) in [4.78, 5) is 27.5. The molecule has 0 bridgehead atoms. The molecule has 2 aliphatic heterocycles. The van der Waals surface area contributed by atoms with E-state index in [1.54, 1.807) is 13.1 Å². The van der Waals surface area contributed by atoms with E-state index in [1.165, 1.54) is 14.9 Å². The zero-order chi connectivity index (χ0) is 32.5. The van der Waals surface area contributed by atoms with Gasteiger partial charge in [-0.25, -0.2) is 9.46 Å². The van der Waals surface area contributed by atoms with Crippen molar-refractivity contribution in [2.24, 2.45) is 0 Å². The predicted octanol–water partition coefficient (Wildman–Crippen LogP) is 5.02. The minimum atomic E-state index is -2.88. The number of likely N-dealkylation sites (N-methyl/N-ethyl adjacent to an activating group) is 1. The van der Waals surface area contributed by atoms with Crippen LogP contribution in [0, 0.1) is 6.92 Å². The van der Waals surface area contributed by atoms with Crippen LogP contribution in [0.15, 0.2) is 107 Å². The SMILES string of the molecule is Cc1cn([C@H]2C[C@H](OP3O[C@H](c4ccccc4)CN3C)[C@@H](CO[Si](c3ccccc3)(c3ccccc3)C(C)(C)C)O2)c(=O)[nH]c1=O. The molecule has 1 N–H and O–H groups in total. The lowest BCUT2D eigenvalue weighted by Crippen LogP contribution is -2.67. The van der Waals surface area contributed by atoms with Gasteiger partial charge in [0.25, 0.3) is 22.4 Å². The van der Waals surface area contributed by atoms with E-state index < -0.39 is 46.5 Å². The maximum Gasteiger partial charge on any atom is 0.330 e. The van der Waals surface area contributed by atoms with Crippen LogP contribution in [0.2, 0.25) is 5.04 Å². The van der Waals surface area contributed by atoms with E-state index in [0.717, 1.165) is 5.56 Å². The summed E-state index contributed by atoms with van der Waals surface area (Å²) in [6, 6.07) is 31.1. The monoisotopic (exact) mass is 659 g/mol. The zero-order valence-electron chi connectivity index (χ0n) is 27.0. The highest BCUT2D eigenvalue weighted by Crippen LogP contribution is 2.55. The minimum Gasteiger partial charge on any atom is -0.405 e. The summed E-state index contributed by atoms with van der Waals surface area (Å²) in [5.74, 6) is 0. The number of hydrogen-bond acceptors (Lipinski definition) is 7. The molecule has 1 aromatic heterocycles. The molecule has 3 aromatic carbocycles. The molecule has 0 spiro atoms. The van der Waals surface area contributed by atoms with Gasteiger partial charge in [0.1, 0.15) is 18.4 Å². The van der Waals surface area contributed by atoms with Crippen LogP contribution in [-0.4, -0.2) is 54.9 Å². The molecule has 6 rings (SSSR count). The van der Waals surface area contributed by atoms with E-state index >= 15 is 0 Å². The van der Waals surface area contributed by atoms with E-state index in [0.29, 0.717) is 18.5 Å². The summed E-state index contributed by atoms with van der Waals surface area (Å²) in [7, 11) is -2.27. The van der Waals surface area contributed by atoms with Crippen LogP contribution >= 0.6 is 8.53 Å². The lowest BCUT2D eigenvalue weighted by molar-refractivity contribution is -0.0396. The highest BCUT2D eigenvalue weighted by atomic mass is 31.2. The van der Waals surface area contributed by atoms with Gasteiger partial charge in [0.05, 0.1) is 12.7 Å². The molecule has 2 aliphatic rings. The number of nitrogens with one attached hydrogen (secondary N) is 1. The smallest absolute Gasteiger partial charge is 0.330 e. The third-order valence-corrected chi connectivity index (χ3v) is 15.5. The molecule has 4 aromatic rings. The van der Waals surface area contributed by atoms with Crippen LogP contribution in [-0.2, 0) is 18.2 Å². The van der Waals surface area contributed by atoms with Crippen molar-refractivity contribution >= 4 is 27.2 Å². The van der Waals surface area contributed by atoms with Crippen LogP contribution < -0.4 is 21.6 Å². The third-order valence-electron chi connectivity index (χ3n) is 8.84. The molecule has 1 unspecified atom stereocenters. The zero-order valence-corrected chi connectivity index (χ0v) is 28.9. The van der Waals surface area contributed by atoms with Gasteiger partial charge >= 0.3 is 5.69 Å². The fraction of sp³-hybridized carbons (Fsp3) is 0.371. The Balaban J connectivity index is 1.32. The molecule has 11 heteroatoms. The van der Waals surface area contributed by atoms with Crippen LogP contribution in [0.25, 0.3) is 0 Å². The van der Waals surface area contributed by atoms with Gasteiger partial charge in [-0.2, -0.15) is 0 Å². The molecule has 46 heavy (non-hydrogen) atoms. The maximum atomic E-state index is 12.9. The van der Waals surface area contributed by atoms with Gasteiger partial charge in [-0.15, -0.1) is 0 Å². The van der Waals surface area contributed by atoms with Crippen molar-refractivity contribution in [2.75, 3.05) is 20.2 Å². The number of benzene rings is 3. The second-order valence-electron chi connectivity index (χ2n) is 13.0. The Labute approximate surface area is 272 Å². The molecule has 2 saturated heterocycles. The Morgan fingerprint density at radius 1 is 0.935 bits per heavy atom. The summed E-state index contributed by atoms with van der Waals surface area (Å²) < 4.78 is 30.7. The summed E-state index contributed by atoms with van der Waals surface area (Å²) in [5, 5.41) is 2.11. The van der Waals surface area contributed by atoms with Crippen molar-refractivity contribution < 1.29 is 18.2 Å². The molecule has 0 radical (unpaired) electrons. The highest BCUT2D eigenvalue weighted by molar-refractivity contribution is 7.44. The van der Waals surface area contributed by atoms with Gasteiger partial charge in [0.2, 0.25) is 0 Å². The number of hydrogen-bond donors (Lipinski definition) is 1. The van der Waals surface area contributed by atoms with E-state index in [2.05, 4.69) is 91.1 Å². The maximum absolute atomic E-state index is 12.9. The fourth-order valence-corrected chi connectivity index (χ4v) is 12.6. The Kier molecular flexibility index (Phi) is 9.59. The number of ether oxygens (including phenoxy) is 1. The fourth-order valence-electron chi connectivity index (χ4n) is 6.49. The first-order chi connectivity index (χ1) is 22.1. The van der Waals surface area contributed by atoms with Gasteiger partial charge in [-0.3, -0.25) is 14.3 Å². The van der Waals surface area contributed by atoms with Crippen molar-refractivity contribution in [3.63, 3.8) is 0 Å². The topological polar surface area (TPSA) is 95.0 Å². The lowest BCUT2D eigenvalue weighted by atomic mass is 10.1. The average Bonchev–Trinajstić information content (AvgIpc) is 3.63. The molecular formula is C35H42N3O6PSi. The number of nitrogens with zero attached hydrogens (tertiary/aromatic N) is 2. The minimum absolute atomic E-state index is 0.105. The normalized spacial score (nSPS) is 24.0. The van der Waals surface area contributed by atoms with Crippen LogP contribution in [0.4, 0.5) is 0 Å². The van der Waals surface area contributed by atoms with E-state index in [9.17, 15) is 9.59 Å².